The van der Waals surface area contributed by atoms with E-state index in [9.17, 15) is 15.2 Å². The van der Waals surface area contributed by atoms with E-state index in [1.165, 1.54) is 10.9 Å². The van der Waals surface area contributed by atoms with Gasteiger partial charge in [-0.3, -0.25) is 0 Å². The average molecular weight is 292 g/mol. The van der Waals surface area contributed by atoms with E-state index in [1.807, 2.05) is 13.8 Å². The topological polar surface area (TPSA) is 81.2 Å². The van der Waals surface area contributed by atoms with Gasteiger partial charge in [-0.15, -0.1) is 0 Å². The van der Waals surface area contributed by atoms with Gasteiger partial charge in [-0.25, -0.2) is 0 Å². The molecular formula is C9H14BrN3O3. The molecule has 0 spiro atoms. The molecule has 0 radical (unpaired) electrons. The Morgan fingerprint density at radius 2 is 2.19 bits per heavy atom. The molecule has 1 aromatic rings. The lowest BCUT2D eigenvalue weighted by atomic mass is 9.98. The highest BCUT2D eigenvalue weighted by Crippen LogP contribution is 2.24. The molecule has 0 unspecified atom stereocenters. The normalized spacial score (nSPS) is 11.8. The molecule has 0 aromatic carbocycles. The van der Waals surface area contributed by atoms with Gasteiger partial charge in [-0.2, -0.15) is 4.68 Å². The van der Waals surface area contributed by atoms with Gasteiger partial charge in [-0.1, -0.05) is 13.8 Å². The van der Waals surface area contributed by atoms with Crippen LogP contribution >= 0.6 is 15.9 Å². The summed E-state index contributed by atoms with van der Waals surface area (Å²) in [6.07, 6.45) is 2.66. The summed E-state index contributed by atoms with van der Waals surface area (Å²) in [7, 11) is 0. The zero-order valence-corrected chi connectivity index (χ0v) is 10.8. The summed E-state index contributed by atoms with van der Waals surface area (Å²) in [6, 6.07) is 0. The van der Waals surface area contributed by atoms with Gasteiger partial charge in [0.05, 0.1) is 23.4 Å². The van der Waals surface area contributed by atoms with Crippen LogP contribution in [-0.4, -0.2) is 25.4 Å². The number of nitrogens with zero attached hydrogens (tertiary/aromatic N) is 3. The molecule has 0 aliphatic carbocycles. The van der Waals surface area contributed by atoms with Crippen LogP contribution in [-0.2, 0) is 6.54 Å². The SMILES string of the molecule is CCC(O)(CC)Cn1cc(Br)c([N+](=O)[O-])n1. The number of hydrogen-bond acceptors (Lipinski definition) is 4. The molecule has 0 amide bonds. The first-order valence-corrected chi connectivity index (χ1v) is 5.81. The molecule has 1 aromatic heterocycles. The van der Waals surface area contributed by atoms with Crippen molar-refractivity contribution in [2.24, 2.45) is 0 Å². The second-order valence-corrected chi connectivity index (χ2v) is 4.54. The largest absolute Gasteiger partial charge is 0.404 e. The van der Waals surface area contributed by atoms with E-state index in [0.717, 1.165) is 0 Å². The fraction of sp³-hybridized carbons (Fsp3) is 0.667. The molecule has 1 heterocycles. The molecule has 0 atom stereocenters. The fourth-order valence-electron chi connectivity index (χ4n) is 1.37. The molecule has 1 rings (SSSR count). The molecule has 0 aliphatic heterocycles. The van der Waals surface area contributed by atoms with Gasteiger partial charge in [0, 0.05) is 0 Å². The molecule has 0 bridgehead atoms. The van der Waals surface area contributed by atoms with E-state index in [1.54, 1.807) is 0 Å². The number of halogens is 1. The molecule has 0 saturated carbocycles. The third-order valence-electron chi connectivity index (χ3n) is 2.64. The number of rotatable bonds is 5. The maximum atomic E-state index is 10.6. The van der Waals surface area contributed by atoms with E-state index in [4.69, 9.17) is 0 Å². The van der Waals surface area contributed by atoms with Crippen molar-refractivity contribution in [3.05, 3.63) is 20.8 Å². The minimum Gasteiger partial charge on any atom is -0.388 e. The Balaban J connectivity index is 2.90. The van der Waals surface area contributed by atoms with Crippen molar-refractivity contribution in [2.45, 2.75) is 38.8 Å². The molecule has 0 saturated heterocycles. The maximum Gasteiger partial charge on any atom is 0.404 e. The van der Waals surface area contributed by atoms with Crippen molar-refractivity contribution >= 4 is 21.7 Å². The number of hydrogen-bond donors (Lipinski definition) is 1. The van der Waals surface area contributed by atoms with Crippen molar-refractivity contribution in [2.75, 3.05) is 0 Å². The summed E-state index contributed by atoms with van der Waals surface area (Å²) in [5, 5.41) is 24.5. The van der Waals surface area contributed by atoms with Gasteiger partial charge in [0.25, 0.3) is 0 Å². The third kappa shape index (κ3) is 2.79. The maximum absolute atomic E-state index is 10.6. The lowest BCUT2D eigenvalue weighted by molar-refractivity contribution is -0.390. The first-order valence-electron chi connectivity index (χ1n) is 5.01. The number of aromatic nitrogens is 2. The van der Waals surface area contributed by atoms with Crippen molar-refractivity contribution < 1.29 is 10.0 Å². The molecule has 1 N–H and O–H groups in total. The van der Waals surface area contributed by atoms with E-state index in [-0.39, 0.29) is 12.4 Å². The third-order valence-corrected chi connectivity index (χ3v) is 3.20. The second kappa shape index (κ2) is 4.92. The molecular weight excluding hydrogens is 278 g/mol. The van der Waals surface area contributed by atoms with Gasteiger partial charge >= 0.3 is 5.82 Å². The van der Waals surface area contributed by atoms with Crippen LogP contribution in [0.15, 0.2) is 10.7 Å². The van der Waals surface area contributed by atoms with Crippen molar-refractivity contribution in [1.82, 2.24) is 9.78 Å². The monoisotopic (exact) mass is 291 g/mol. The first-order chi connectivity index (χ1) is 7.41. The quantitative estimate of drug-likeness (QED) is 0.665. The minimum absolute atomic E-state index is 0.227. The van der Waals surface area contributed by atoms with Gasteiger partial charge in [0.2, 0.25) is 0 Å². The summed E-state index contributed by atoms with van der Waals surface area (Å²) >= 11 is 3.06. The van der Waals surface area contributed by atoms with Crippen LogP contribution in [0.2, 0.25) is 0 Å². The van der Waals surface area contributed by atoms with Gasteiger partial charge in [0.1, 0.15) is 4.47 Å². The summed E-state index contributed by atoms with van der Waals surface area (Å²) in [6.45, 7) is 4.00. The van der Waals surface area contributed by atoms with Crippen molar-refractivity contribution in [3.8, 4) is 0 Å². The first kappa shape index (κ1) is 13.1. The highest BCUT2D eigenvalue weighted by Gasteiger charge is 2.27. The van der Waals surface area contributed by atoms with E-state index < -0.39 is 10.5 Å². The number of nitro groups is 1. The Morgan fingerprint density at radius 3 is 2.56 bits per heavy atom. The van der Waals surface area contributed by atoms with Crippen LogP contribution in [0.25, 0.3) is 0 Å². The lowest BCUT2D eigenvalue weighted by Crippen LogP contribution is -2.32. The summed E-state index contributed by atoms with van der Waals surface area (Å²) < 4.78 is 1.72. The van der Waals surface area contributed by atoms with Crippen LogP contribution in [0.1, 0.15) is 26.7 Å². The van der Waals surface area contributed by atoms with Crippen LogP contribution in [0, 0.1) is 10.1 Å². The summed E-state index contributed by atoms with van der Waals surface area (Å²) in [5.41, 5.74) is -0.862. The zero-order valence-electron chi connectivity index (χ0n) is 9.18. The molecule has 0 aliphatic rings. The van der Waals surface area contributed by atoms with E-state index >= 15 is 0 Å². The highest BCUT2D eigenvalue weighted by molar-refractivity contribution is 9.10. The van der Waals surface area contributed by atoms with Crippen LogP contribution in [0.3, 0.4) is 0 Å². The Kier molecular flexibility index (Phi) is 4.03. The Hall–Kier alpha value is -0.950. The van der Waals surface area contributed by atoms with Crippen LogP contribution < -0.4 is 0 Å². The Morgan fingerprint density at radius 1 is 1.62 bits per heavy atom. The molecule has 6 nitrogen and oxygen atoms in total. The molecule has 90 valence electrons. The predicted octanol–water partition coefficient (Wildman–Crippen LogP) is 2.10. The van der Waals surface area contributed by atoms with Crippen molar-refractivity contribution in [1.29, 1.82) is 0 Å². The van der Waals surface area contributed by atoms with Gasteiger partial charge < -0.3 is 15.2 Å². The summed E-state index contributed by atoms with van der Waals surface area (Å²) in [5.74, 6) is -0.227. The van der Waals surface area contributed by atoms with Gasteiger partial charge in [0.15, 0.2) is 0 Å². The minimum atomic E-state index is -0.862. The van der Waals surface area contributed by atoms with E-state index in [2.05, 4.69) is 21.0 Å². The van der Waals surface area contributed by atoms with E-state index in [0.29, 0.717) is 17.3 Å². The predicted molar refractivity (Wildman–Crippen MR) is 62.1 cm³/mol. The Bertz CT molecular complexity index is 387. The number of aliphatic hydroxyl groups is 1. The molecule has 0 fully saturated rings. The lowest BCUT2D eigenvalue weighted by Gasteiger charge is -2.23. The highest BCUT2D eigenvalue weighted by atomic mass is 79.9. The zero-order chi connectivity index (χ0) is 12.3. The molecule has 7 heteroatoms. The van der Waals surface area contributed by atoms with Gasteiger partial charge in [-0.05, 0) is 33.7 Å². The smallest absolute Gasteiger partial charge is 0.388 e. The van der Waals surface area contributed by atoms with Crippen LogP contribution in [0.4, 0.5) is 5.82 Å². The van der Waals surface area contributed by atoms with Crippen LogP contribution in [0.5, 0.6) is 0 Å². The second-order valence-electron chi connectivity index (χ2n) is 3.69. The Labute approximate surface area is 102 Å². The fourth-order valence-corrected chi connectivity index (χ4v) is 1.83. The average Bonchev–Trinajstić information content (AvgIpc) is 2.59. The molecule has 16 heavy (non-hydrogen) atoms. The van der Waals surface area contributed by atoms with Crippen molar-refractivity contribution in [3.63, 3.8) is 0 Å². The summed E-state index contributed by atoms with van der Waals surface area (Å²) in [4.78, 5) is 10.0. The standard InChI is InChI=1S/C9H14BrN3O3/c1-3-9(14,4-2)6-12-5-7(10)8(11-12)13(15)16/h5,14H,3-4,6H2,1-2H3.